The number of hydrogen-bond acceptors (Lipinski definition) is 5. The number of para-hydroxylation sites is 1. The Balaban J connectivity index is 1.49. The number of carbonyl (C=O) groups is 1. The molecule has 2 N–H and O–H groups in total. The number of anilines is 2. The SMILES string of the molecule is O=C(Nc1cccc2cccnc12)c1cc(N2CCC(CCO)CC2)ccn1. The fourth-order valence-electron chi connectivity index (χ4n) is 3.79. The standard InChI is InChI=1S/C22H24N4O2/c27-14-9-16-7-12-26(13-8-16)18-6-11-23-20(15-18)22(28)25-19-5-1-3-17-4-2-10-24-21(17)19/h1-6,10-11,15-16,27H,7-9,12-14H2,(H,25,28). The summed E-state index contributed by atoms with van der Waals surface area (Å²) in [4.78, 5) is 23.7. The molecule has 28 heavy (non-hydrogen) atoms. The van der Waals surface area contributed by atoms with Gasteiger partial charge in [-0.1, -0.05) is 18.2 Å². The van der Waals surface area contributed by atoms with E-state index in [9.17, 15) is 4.79 Å². The van der Waals surface area contributed by atoms with Crippen molar-refractivity contribution >= 4 is 28.2 Å². The van der Waals surface area contributed by atoms with Crippen LogP contribution in [0.3, 0.4) is 0 Å². The maximum Gasteiger partial charge on any atom is 0.274 e. The first kappa shape index (κ1) is 18.4. The third kappa shape index (κ3) is 3.97. The van der Waals surface area contributed by atoms with E-state index in [2.05, 4.69) is 20.2 Å². The number of aliphatic hydroxyl groups is 1. The van der Waals surface area contributed by atoms with E-state index in [1.165, 1.54) is 0 Å². The van der Waals surface area contributed by atoms with Crippen LogP contribution in [-0.2, 0) is 0 Å². The number of benzene rings is 1. The summed E-state index contributed by atoms with van der Waals surface area (Å²) >= 11 is 0. The molecule has 4 rings (SSSR count). The number of carbonyl (C=O) groups excluding carboxylic acids is 1. The summed E-state index contributed by atoms with van der Waals surface area (Å²) in [5.74, 6) is 0.347. The predicted molar refractivity (Wildman–Crippen MR) is 111 cm³/mol. The lowest BCUT2D eigenvalue weighted by Crippen LogP contribution is -2.34. The lowest BCUT2D eigenvalue weighted by molar-refractivity contribution is 0.102. The first-order chi connectivity index (χ1) is 13.7. The van der Waals surface area contributed by atoms with Gasteiger partial charge in [0.15, 0.2) is 0 Å². The number of aromatic nitrogens is 2. The van der Waals surface area contributed by atoms with Crippen molar-refractivity contribution in [1.29, 1.82) is 0 Å². The Labute approximate surface area is 164 Å². The van der Waals surface area contributed by atoms with Crippen LogP contribution in [0.25, 0.3) is 10.9 Å². The van der Waals surface area contributed by atoms with Gasteiger partial charge in [0.2, 0.25) is 0 Å². The van der Waals surface area contributed by atoms with E-state index < -0.39 is 0 Å². The highest BCUT2D eigenvalue weighted by atomic mass is 16.3. The molecule has 0 aliphatic carbocycles. The second-order valence-corrected chi connectivity index (χ2v) is 7.18. The molecular formula is C22H24N4O2. The summed E-state index contributed by atoms with van der Waals surface area (Å²) in [5, 5.41) is 13.0. The zero-order valence-electron chi connectivity index (χ0n) is 15.7. The summed E-state index contributed by atoms with van der Waals surface area (Å²) in [6, 6.07) is 13.4. The fraction of sp³-hybridized carbons (Fsp3) is 0.318. The number of fused-ring (bicyclic) bond motifs is 1. The average molecular weight is 376 g/mol. The largest absolute Gasteiger partial charge is 0.396 e. The van der Waals surface area contributed by atoms with Crippen LogP contribution in [0, 0.1) is 5.92 Å². The number of nitrogens with one attached hydrogen (secondary N) is 1. The zero-order valence-corrected chi connectivity index (χ0v) is 15.7. The molecule has 0 radical (unpaired) electrons. The number of amides is 1. The van der Waals surface area contributed by atoms with Crippen molar-refractivity contribution in [3.05, 3.63) is 60.6 Å². The Bertz CT molecular complexity index is 962. The van der Waals surface area contributed by atoms with Crippen LogP contribution >= 0.6 is 0 Å². The highest BCUT2D eigenvalue weighted by Crippen LogP contribution is 2.26. The highest BCUT2D eigenvalue weighted by molar-refractivity contribution is 6.07. The second-order valence-electron chi connectivity index (χ2n) is 7.18. The molecule has 0 unspecified atom stereocenters. The van der Waals surface area contributed by atoms with Gasteiger partial charge in [0.25, 0.3) is 5.91 Å². The lowest BCUT2D eigenvalue weighted by Gasteiger charge is -2.33. The van der Waals surface area contributed by atoms with Crippen LogP contribution in [0.15, 0.2) is 54.9 Å². The van der Waals surface area contributed by atoms with Crippen molar-refractivity contribution in [3.63, 3.8) is 0 Å². The molecule has 0 atom stereocenters. The molecule has 1 saturated heterocycles. The third-order valence-corrected chi connectivity index (χ3v) is 5.37. The number of hydrogen-bond donors (Lipinski definition) is 2. The molecule has 0 bridgehead atoms. The molecule has 1 aromatic carbocycles. The molecular weight excluding hydrogens is 352 g/mol. The highest BCUT2D eigenvalue weighted by Gasteiger charge is 2.20. The van der Waals surface area contributed by atoms with E-state index in [1.807, 2.05) is 42.5 Å². The zero-order chi connectivity index (χ0) is 19.3. The Kier molecular flexibility index (Phi) is 5.48. The van der Waals surface area contributed by atoms with Gasteiger partial charge >= 0.3 is 0 Å². The smallest absolute Gasteiger partial charge is 0.274 e. The van der Waals surface area contributed by atoms with Gasteiger partial charge in [0.1, 0.15) is 5.69 Å². The second kappa shape index (κ2) is 8.35. The summed E-state index contributed by atoms with van der Waals surface area (Å²) < 4.78 is 0. The van der Waals surface area contributed by atoms with Crippen LogP contribution in [0.4, 0.5) is 11.4 Å². The van der Waals surface area contributed by atoms with Gasteiger partial charge in [-0.3, -0.25) is 14.8 Å². The Morgan fingerprint density at radius 1 is 1.11 bits per heavy atom. The van der Waals surface area contributed by atoms with Crippen LogP contribution in [0.1, 0.15) is 29.8 Å². The Morgan fingerprint density at radius 3 is 2.75 bits per heavy atom. The molecule has 6 heteroatoms. The van der Waals surface area contributed by atoms with Gasteiger partial charge < -0.3 is 15.3 Å². The maximum absolute atomic E-state index is 12.8. The molecule has 144 valence electrons. The van der Waals surface area contributed by atoms with Crippen LogP contribution in [0.5, 0.6) is 0 Å². The van der Waals surface area contributed by atoms with Crippen LogP contribution in [0.2, 0.25) is 0 Å². The number of piperidine rings is 1. The van der Waals surface area contributed by atoms with E-state index in [1.54, 1.807) is 12.4 Å². The first-order valence-corrected chi connectivity index (χ1v) is 9.71. The van der Waals surface area contributed by atoms with Crippen LogP contribution in [-0.4, -0.2) is 40.7 Å². The third-order valence-electron chi connectivity index (χ3n) is 5.37. The first-order valence-electron chi connectivity index (χ1n) is 9.71. The topological polar surface area (TPSA) is 78.4 Å². The van der Waals surface area contributed by atoms with E-state index >= 15 is 0 Å². The predicted octanol–water partition coefficient (Wildman–Crippen LogP) is 3.48. The fourth-order valence-corrected chi connectivity index (χ4v) is 3.79. The minimum absolute atomic E-state index is 0.241. The van der Waals surface area contributed by atoms with Crippen LogP contribution < -0.4 is 10.2 Å². The maximum atomic E-state index is 12.8. The van der Waals surface area contributed by atoms with E-state index in [0.717, 1.165) is 48.9 Å². The molecule has 3 heterocycles. The molecule has 0 spiro atoms. The molecule has 3 aromatic rings. The molecule has 1 amide bonds. The van der Waals surface area contributed by atoms with Gasteiger partial charge in [-0.05, 0) is 49.4 Å². The quantitative estimate of drug-likeness (QED) is 0.713. The average Bonchev–Trinajstić information content (AvgIpc) is 2.75. The van der Waals surface area contributed by atoms with Crippen molar-refractivity contribution in [3.8, 4) is 0 Å². The molecule has 1 fully saturated rings. The summed E-state index contributed by atoms with van der Waals surface area (Å²) in [5.41, 5.74) is 2.85. The van der Waals surface area contributed by atoms with Crippen molar-refractivity contribution in [2.75, 3.05) is 29.9 Å². The van der Waals surface area contributed by atoms with Crippen molar-refractivity contribution in [2.24, 2.45) is 5.92 Å². The Morgan fingerprint density at radius 2 is 1.93 bits per heavy atom. The number of pyridine rings is 2. The monoisotopic (exact) mass is 376 g/mol. The number of aliphatic hydroxyl groups excluding tert-OH is 1. The number of nitrogens with zero attached hydrogens (tertiary/aromatic N) is 3. The molecule has 2 aromatic heterocycles. The van der Waals surface area contributed by atoms with Crippen molar-refractivity contribution in [1.82, 2.24) is 9.97 Å². The van der Waals surface area contributed by atoms with E-state index in [4.69, 9.17) is 5.11 Å². The van der Waals surface area contributed by atoms with Crippen molar-refractivity contribution in [2.45, 2.75) is 19.3 Å². The molecule has 6 nitrogen and oxygen atoms in total. The lowest BCUT2D eigenvalue weighted by atomic mass is 9.93. The summed E-state index contributed by atoms with van der Waals surface area (Å²) in [6.45, 7) is 2.12. The van der Waals surface area contributed by atoms with E-state index in [-0.39, 0.29) is 12.5 Å². The molecule has 0 saturated carbocycles. The summed E-state index contributed by atoms with van der Waals surface area (Å²) in [6.07, 6.45) is 6.40. The van der Waals surface area contributed by atoms with E-state index in [0.29, 0.717) is 17.3 Å². The Hall–Kier alpha value is -2.99. The normalized spacial score (nSPS) is 15.0. The minimum Gasteiger partial charge on any atom is -0.396 e. The van der Waals surface area contributed by atoms with Gasteiger partial charge in [0, 0.05) is 43.2 Å². The summed E-state index contributed by atoms with van der Waals surface area (Å²) in [7, 11) is 0. The van der Waals surface area contributed by atoms with Crippen molar-refractivity contribution < 1.29 is 9.90 Å². The van der Waals surface area contributed by atoms with Gasteiger partial charge in [0.05, 0.1) is 11.2 Å². The minimum atomic E-state index is -0.241. The number of rotatable bonds is 5. The van der Waals surface area contributed by atoms with Gasteiger partial charge in [-0.25, -0.2) is 0 Å². The molecule has 1 aliphatic heterocycles. The molecule has 1 aliphatic rings. The van der Waals surface area contributed by atoms with Gasteiger partial charge in [-0.2, -0.15) is 0 Å². The van der Waals surface area contributed by atoms with Gasteiger partial charge in [-0.15, -0.1) is 0 Å².